The maximum absolute atomic E-state index is 5.74. The molecule has 4 nitrogen and oxygen atoms in total. The van der Waals surface area contributed by atoms with E-state index in [9.17, 15) is 0 Å². The van der Waals surface area contributed by atoms with Crippen LogP contribution in [0.2, 0.25) is 0 Å². The first-order valence-corrected chi connectivity index (χ1v) is 7.53. The number of hydrogen-bond acceptors (Lipinski definition) is 4. The first-order valence-electron chi connectivity index (χ1n) is 7.53. The van der Waals surface area contributed by atoms with Crippen LogP contribution in [0.5, 0.6) is 11.5 Å². The second-order valence-corrected chi connectivity index (χ2v) is 5.15. The fourth-order valence-corrected chi connectivity index (χ4v) is 2.42. The Bertz CT molecular complexity index is 624. The Kier molecular flexibility index (Phi) is 4.89. The van der Waals surface area contributed by atoms with Gasteiger partial charge in [-0.3, -0.25) is 0 Å². The van der Waals surface area contributed by atoms with Crippen LogP contribution in [0.4, 0.5) is 5.82 Å². The van der Waals surface area contributed by atoms with Crippen molar-refractivity contribution in [3.63, 3.8) is 0 Å². The van der Waals surface area contributed by atoms with E-state index in [4.69, 9.17) is 14.5 Å². The van der Waals surface area contributed by atoms with Gasteiger partial charge in [0, 0.05) is 12.4 Å². The average Bonchev–Trinajstić information content (AvgIpc) is 2.48. The van der Waals surface area contributed by atoms with E-state index in [2.05, 4.69) is 25.2 Å². The van der Waals surface area contributed by atoms with Crippen molar-refractivity contribution in [3.05, 3.63) is 23.8 Å². The van der Waals surface area contributed by atoms with Crippen LogP contribution in [-0.2, 0) is 0 Å². The van der Waals surface area contributed by atoms with E-state index in [0.29, 0.717) is 19.1 Å². The van der Waals surface area contributed by atoms with Crippen molar-refractivity contribution in [1.82, 2.24) is 4.98 Å². The largest absolute Gasteiger partial charge is 0.493 e. The zero-order valence-corrected chi connectivity index (χ0v) is 13.5. The van der Waals surface area contributed by atoms with Gasteiger partial charge < -0.3 is 14.8 Å². The highest BCUT2D eigenvalue weighted by Gasteiger charge is 2.15. The van der Waals surface area contributed by atoms with Gasteiger partial charge in [0.15, 0.2) is 0 Å². The summed E-state index contributed by atoms with van der Waals surface area (Å²) in [6.07, 6.45) is 0. The SMILES string of the molecule is CCOc1ccc(OCC)c2nc(NC)c(C(C)C)cc12. The highest BCUT2D eigenvalue weighted by molar-refractivity contribution is 5.92. The Balaban J connectivity index is 2.73. The summed E-state index contributed by atoms with van der Waals surface area (Å²) >= 11 is 0. The molecule has 0 radical (unpaired) electrons. The number of nitrogens with one attached hydrogen (secondary N) is 1. The lowest BCUT2D eigenvalue weighted by Gasteiger charge is -2.17. The van der Waals surface area contributed by atoms with Crippen LogP contribution in [-0.4, -0.2) is 25.2 Å². The molecule has 21 heavy (non-hydrogen) atoms. The standard InChI is InChI=1S/C17H24N2O2/c1-6-20-14-8-9-15(21-7-2)16-13(14)10-12(11(3)4)17(18-5)19-16/h8-11H,6-7H2,1-5H3,(H,18,19). The molecule has 0 aliphatic heterocycles. The predicted octanol–water partition coefficient (Wildman–Crippen LogP) is 4.20. The lowest BCUT2D eigenvalue weighted by atomic mass is 10.0. The minimum atomic E-state index is 0.384. The van der Waals surface area contributed by atoms with Crippen molar-refractivity contribution in [2.75, 3.05) is 25.6 Å². The van der Waals surface area contributed by atoms with Gasteiger partial charge >= 0.3 is 0 Å². The molecule has 0 aliphatic carbocycles. The van der Waals surface area contributed by atoms with Crippen LogP contribution in [0, 0.1) is 0 Å². The molecule has 2 aromatic rings. The molecule has 0 bridgehead atoms. The van der Waals surface area contributed by atoms with Crippen molar-refractivity contribution in [2.24, 2.45) is 0 Å². The Morgan fingerprint density at radius 2 is 1.71 bits per heavy atom. The van der Waals surface area contributed by atoms with Gasteiger partial charge in [-0.25, -0.2) is 4.98 Å². The molecule has 0 saturated heterocycles. The summed E-state index contributed by atoms with van der Waals surface area (Å²) < 4.78 is 11.5. The molecular formula is C17H24N2O2. The Morgan fingerprint density at radius 3 is 2.29 bits per heavy atom. The molecule has 0 atom stereocenters. The van der Waals surface area contributed by atoms with Gasteiger partial charge in [-0.1, -0.05) is 13.8 Å². The third-order valence-corrected chi connectivity index (χ3v) is 3.40. The van der Waals surface area contributed by atoms with Crippen molar-refractivity contribution in [1.29, 1.82) is 0 Å². The molecule has 114 valence electrons. The van der Waals surface area contributed by atoms with Gasteiger partial charge in [0.1, 0.15) is 22.8 Å². The summed E-state index contributed by atoms with van der Waals surface area (Å²) in [5, 5.41) is 4.19. The molecule has 0 saturated carbocycles. The molecule has 0 fully saturated rings. The fraction of sp³-hybridized carbons (Fsp3) is 0.471. The van der Waals surface area contributed by atoms with E-state index in [1.54, 1.807) is 0 Å². The Morgan fingerprint density at radius 1 is 1.10 bits per heavy atom. The quantitative estimate of drug-likeness (QED) is 0.865. The summed E-state index contributed by atoms with van der Waals surface area (Å²) in [5.41, 5.74) is 2.02. The van der Waals surface area contributed by atoms with Gasteiger partial charge in [0.05, 0.1) is 13.2 Å². The molecule has 4 heteroatoms. The monoisotopic (exact) mass is 288 g/mol. The first kappa shape index (κ1) is 15.4. The lowest BCUT2D eigenvalue weighted by molar-refractivity contribution is 0.336. The number of rotatable bonds is 6. The average molecular weight is 288 g/mol. The first-order chi connectivity index (χ1) is 10.1. The van der Waals surface area contributed by atoms with Crippen LogP contribution < -0.4 is 14.8 Å². The van der Waals surface area contributed by atoms with Crippen molar-refractivity contribution < 1.29 is 9.47 Å². The number of nitrogens with zero attached hydrogens (tertiary/aromatic N) is 1. The summed E-state index contributed by atoms with van der Waals surface area (Å²) in [6.45, 7) is 9.54. The molecule has 0 amide bonds. The van der Waals surface area contributed by atoms with Crippen molar-refractivity contribution in [3.8, 4) is 11.5 Å². The van der Waals surface area contributed by atoms with E-state index in [0.717, 1.165) is 28.2 Å². The topological polar surface area (TPSA) is 43.4 Å². The lowest BCUT2D eigenvalue weighted by Crippen LogP contribution is -2.03. The van der Waals surface area contributed by atoms with Gasteiger partial charge in [0.25, 0.3) is 0 Å². The minimum Gasteiger partial charge on any atom is -0.493 e. The van der Waals surface area contributed by atoms with Gasteiger partial charge in [0.2, 0.25) is 0 Å². The number of aromatic nitrogens is 1. The normalized spacial score (nSPS) is 11.0. The maximum atomic E-state index is 5.74. The number of anilines is 1. The van der Waals surface area contributed by atoms with E-state index in [-0.39, 0.29) is 0 Å². The van der Waals surface area contributed by atoms with Gasteiger partial charge in [-0.05, 0) is 43.5 Å². The fourth-order valence-electron chi connectivity index (χ4n) is 2.42. The highest BCUT2D eigenvalue weighted by atomic mass is 16.5. The van der Waals surface area contributed by atoms with Crippen LogP contribution >= 0.6 is 0 Å². The second-order valence-electron chi connectivity index (χ2n) is 5.15. The summed E-state index contributed by atoms with van der Waals surface area (Å²) in [6, 6.07) is 6.05. The summed E-state index contributed by atoms with van der Waals surface area (Å²) in [7, 11) is 1.90. The highest BCUT2D eigenvalue weighted by Crippen LogP contribution is 2.36. The predicted molar refractivity (Wildman–Crippen MR) is 87.7 cm³/mol. The maximum Gasteiger partial charge on any atom is 0.145 e. The minimum absolute atomic E-state index is 0.384. The molecule has 1 aromatic heterocycles. The van der Waals surface area contributed by atoms with E-state index in [1.165, 1.54) is 5.56 Å². The molecule has 0 unspecified atom stereocenters. The smallest absolute Gasteiger partial charge is 0.145 e. The number of hydrogen-bond donors (Lipinski definition) is 1. The second kappa shape index (κ2) is 6.66. The van der Waals surface area contributed by atoms with Crippen molar-refractivity contribution >= 4 is 16.7 Å². The molecular weight excluding hydrogens is 264 g/mol. The van der Waals surface area contributed by atoms with E-state index >= 15 is 0 Å². The molecule has 1 aromatic carbocycles. The summed E-state index contributed by atoms with van der Waals surface area (Å²) in [4.78, 5) is 4.76. The zero-order chi connectivity index (χ0) is 15.4. The van der Waals surface area contributed by atoms with Gasteiger partial charge in [-0.2, -0.15) is 0 Å². The summed E-state index contributed by atoms with van der Waals surface area (Å²) in [5.74, 6) is 2.93. The number of pyridine rings is 1. The Hall–Kier alpha value is -1.97. The number of fused-ring (bicyclic) bond motifs is 1. The van der Waals surface area contributed by atoms with Crippen molar-refractivity contribution in [2.45, 2.75) is 33.6 Å². The molecule has 1 heterocycles. The van der Waals surface area contributed by atoms with Crippen LogP contribution in [0.1, 0.15) is 39.2 Å². The molecule has 0 aliphatic rings. The molecule has 2 rings (SSSR count). The van der Waals surface area contributed by atoms with Gasteiger partial charge in [-0.15, -0.1) is 0 Å². The van der Waals surface area contributed by atoms with Crippen LogP contribution in [0.25, 0.3) is 10.9 Å². The molecule has 1 N–H and O–H groups in total. The Labute approximate surface area is 126 Å². The van der Waals surface area contributed by atoms with E-state index < -0.39 is 0 Å². The third kappa shape index (κ3) is 3.04. The van der Waals surface area contributed by atoms with E-state index in [1.807, 2.05) is 33.0 Å². The van der Waals surface area contributed by atoms with Crippen LogP contribution in [0.3, 0.4) is 0 Å². The number of benzene rings is 1. The molecule has 0 spiro atoms. The number of ether oxygens (including phenoxy) is 2. The van der Waals surface area contributed by atoms with Crippen LogP contribution in [0.15, 0.2) is 18.2 Å². The third-order valence-electron chi connectivity index (χ3n) is 3.40. The zero-order valence-electron chi connectivity index (χ0n) is 13.5.